The van der Waals surface area contributed by atoms with E-state index in [-0.39, 0.29) is 24.1 Å². The fourth-order valence-electron chi connectivity index (χ4n) is 2.12. The molecule has 0 radical (unpaired) electrons. The first-order valence-corrected chi connectivity index (χ1v) is 7.09. The fourth-order valence-corrected chi connectivity index (χ4v) is 2.12. The smallest absolute Gasteiger partial charge is 0.254 e. The van der Waals surface area contributed by atoms with E-state index < -0.39 is 6.04 Å². The van der Waals surface area contributed by atoms with Gasteiger partial charge in [-0.25, -0.2) is 0 Å². The van der Waals surface area contributed by atoms with Crippen molar-refractivity contribution >= 4 is 23.4 Å². The first-order valence-electron chi connectivity index (χ1n) is 7.09. The Balaban J connectivity index is 2.02. The average molecular weight is 289 g/mol. The Bertz CT molecular complexity index is 557. The van der Waals surface area contributed by atoms with Gasteiger partial charge in [0.15, 0.2) is 0 Å². The lowest BCUT2D eigenvalue weighted by atomic mass is 10.1. The highest BCUT2D eigenvalue weighted by Crippen LogP contribution is 2.18. The van der Waals surface area contributed by atoms with Crippen LogP contribution in [0, 0.1) is 0 Å². The van der Waals surface area contributed by atoms with Gasteiger partial charge in [-0.05, 0) is 18.6 Å². The number of hydrogen-bond acceptors (Lipinski definition) is 3. The lowest BCUT2D eigenvalue weighted by Gasteiger charge is -2.14. The van der Waals surface area contributed by atoms with Crippen LogP contribution in [0.25, 0.3) is 0 Å². The summed E-state index contributed by atoms with van der Waals surface area (Å²) in [5.41, 5.74) is 0.869. The lowest BCUT2D eigenvalue weighted by Crippen LogP contribution is -2.44. The number of anilines is 1. The molecule has 1 heterocycles. The number of para-hydroxylation sites is 1. The number of fused-ring (bicyclic) bond motifs is 1. The maximum Gasteiger partial charge on any atom is 0.254 e. The van der Waals surface area contributed by atoms with Crippen LogP contribution in [0.15, 0.2) is 24.3 Å². The maximum absolute atomic E-state index is 12.1. The third kappa shape index (κ3) is 3.81. The zero-order valence-corrected chi connectivity index (χ0v) is 11.9. The summed E-state index contributed by atoms with van der Waals surface area (Å²) in [6.07, 6.45) is 1.81. The van der Waals surface area contributed by atoms with E-state index in [0.29, 0.717) is 17.8 Å². The first-order chi connectivity index (χ1) is 10.1. The number of unbranched alkanes of at least 4 members (excludes halogenated alkanes) is 1. The molecule has 1 aliphatic heterocycles. The summed E-state index contributed by atoms with van der Waals surface area (Å²) in [6.45, 7) is 2.61. The highest BCUT2D eigenvalue weighted by atomic mass is 16.2. The molecule has 1 aromatic carbocycles. The van der Waals surface area contributed by atoms with Gasteiger partial charge >= 0.3 is 0 Å². The molecule has 0 saturated carbocycles. The van der Waals surface area contributed by atoms with Crippen LogP contribution >= 0.6 is 0 Å². The minimum atomic E-state index is -0.855. The molecule has 0 aromatic heterocycles. The Labute approximate surface area is 123 Å². The van der Waals surface area contributed by atoms with Crippen molar-refractivity contribution in [1.29, 1.82) is 0 Å². The molecule has 0 spiro atoms. The van der Waals surface area contributed by atoms with Gasteiger partial charge in [-0.15, -0.1) is 0 Å². The van der Waals surface area contributed by atoms with E-state index >= 15 is 0 Å². The highest BCUT2D eigenvalue weighted by Gasteiger charge is 2.29. The summed E-state index contributed by atoms with van der Waals surface area (Å²) in [5, 5.41) is 8.01. The van der Waals surface area contributed by atoms with Crippen molar-refractivity contribution in [2.24, 2.45) is 0 Å². The highest BCUT2D eigenvalue weighted by molar-refractivity contribution is 6.10. The Morgan fingerprint density at radius 2 is 2.05 bits per heavy atom. The molecule has 0 bridgehead atoms. The van der Waals surface area contributed by atoms with Gasteiger partial charge in [-0.3, -0.25) is 14.4 Å². The topological polar surface area (TPSA) is 87.3 Å². The van der Waals surface area contributed by atoms with Crippen molar-refractivity contribution in [3.05, 3.63) is 29.8 Å². The zero-order chi connectivity index (χ0) is 15.2. The summed E-state index contributed by atoms with van der Waals surface area (Å²) in [5.74, 6) is -0.968. The van der Waals surface area contributed by atoms with E-state index in [1.165, 1.54) is 0 Å². The van der Waals surface area contributed by atoms with Crippen LogP contribution in [-0.2, 0) is 9.59 Å². The van der Waals surface area contributed by atoms with Gasteiger partial charge < -0.3 is 16.0 Å². The SMILES string of the molecule is CCCCNC(=O)CC1NC(=O)c2ccccc2NC1=O. The van der Waals surface area contributed by atoms with Crippen LogP contribution in [0.2, 0.25) is 0 Å². The van der Waals surface area contributed by atoms with Crippen molar-refractivity contribution in [3.63, 3.8) is 0 Å². The van der Waals surface area contributed by atoms with E-state index in [0.717, 1.165) is 12.8 Å². The van der Waals surface area contributed by atoms with Crippen LogP contribution in [-0.4, -0.2) is 30.3 Å². The molecule has 112 valence electrons. The van der Waals surface area contributed by atoms with Gasteiger partial charge in [0.05, 0.1) is 17.7 Å². The Kier molecular flexibility index (Phi) is 4.92. The predicted octanol–water partition coefficient (Wildman–Crippen LogP) is 1.04. The molecule has 6 nitrogen and oxygen atoms in total. The summed E-state index contributed by atoms with van der Waals surface area (Å²) in [7, 11) is 0. The number of amides is 3. The monoisotopic (exact) mass is 289 g/mol. The first kappa shape index (κ1) is 15.0. The number of nitrogens with one attached hydrogen (secondary N) is 3. The summed E-state index contributed by atoms with van der Waals surface area (Å²) in [4.78, 5) is 35.9. The van der Waals surface area contributed by atoms with Crippen LogP contribution in [0.1, 0.15) is 36.5 Å². The molecule has 1 unspecified atom stereocenters. The fraction of sp³-hybridized carbons (Fsp3) is 0.400. The van der Waals surface area contributed by atoms with Gasteiger partial charge in [-0.2, -0.15) is 0 Å². The quantitative estimate of drug-likeness (QED) is 0.708. The third-order valence-electron chi connectivity index (χ3n) is 3.29. The van der Waals surface area contributed by atoms with E-state index in [2.05, 4.69) is 16.0 Å². The molecular formula is C15H19N3O3. The summed E-state index contributed by atoms with van der Waals surface area (Å²) >= 11 is 0. The van der Waals surface area contributed by atoms with Crippen molar-refractivity contribution in [2.45, 2.75) is 32.2 Å². The lowest BCUT2D eigenvalue weighted by molar-refractivity contribution is -0.125. The van der Waals surface area contributed by atoms with Gasteiger partial charge in [0.2, 0.25) is 11.8 Å². The van der Waals surface area contributed by atoms with Crippen LogP contribution in [0.4, 0.5) is 5.69 Å². The molecule has 0 fully saturated rings. The van der Waals surface area contributed by atoms with Crippen molar-refractivity contribution in [2.75, 3.05) is 11.9 Å². The second kappa shape index (κ2) is 6.88. The largest absolute Gasteiger partial charge is 0.356 e. The van der Waals surface area contributed by atoms with Gasteiger partial charge in [0.1, 0.15) is 6.04 Å². The molecule has 1 atom stereocenters. The van der Waals surface area contributed by atoms with Gasteiger partial charge in [0.25, 0.3) is 5.91 Å². The molecule has 3 N–H and O–H groups in total. The van der Waals surface area contributed by atoms with E-state index in [1.807, 2.05) is 6.92 Å². The average Bonchev–Trinajstić information content (AvgIpc) is 2.57. The number of carbonyl (C=O) groups is 3. The van der Waals surface area contributed by atoms with E-state index in [9.17, 15) is 14.4 Å². The molecule has 1 aliphatic rings. The Morgan fingerprint density at radius 1 is 1.29 bits per heavy atom. The van der Waals surface area contributed by atoms with Crippen molar-refractivity contribution < 1.29 is 14.4 Å². The molecule has 0 saturated heterocycles. The summed E-state index contributed by atoms with van der Waals surface area (Å²) < 4.78 is 0. The molecular weight excluding hydrogens is 270 g/mol. The van der Waals surface area contributed by atoms with E-state index in [1.54, 1.807) is 24.3 Å². The minimum Gasteiger partial charge on any atom is -0.356 e. The number of carbonyl (C=O) groups excluding carboxylic acids is 3. The predicted molar refractivity (Wildman–Crippen MR) is 78.9 cm³/mol. The number of rotatable bonds is 5. The van der Waals surface area contributed by atoms with Gasteiger partial charge in [-0.1, -0.05) is 25.5 Å². The molecule has 0 aliphatic carbocycles. The van der Waals surface area contributed by atoms with Crippen molar-refractivity contribution in [1.82, 2.24) is 10.6 Å². The molecule has 6 heteroatoms. The second-order valence-corrected chi connectivity index (χ2v) is 4.97. The molecule has 1 aromatic rings. The van der Waals surface area contributed by atoms with Gasteiger partial charge in [0, 0.05) is 6.54 Å². The minimum absolute atomic E-state index is 0.0602. The number of benzene rings is 1. The molecule has 2 rings (SSSR count). The molecule has 3 amide bonds. The zero-order valence-electron chi connectivity index (χ0n) is 11.9. The number of hydrogen-bond donors (Lipinski definition) is 3. The van der Waals surface area contributed by atoms with E-state index in [4.69, 9.17) is 0 Å². The normalized spacial score (nSPS) is 17.3. The maximum atomic E-state index is 12.1. The third-order valence-corrected chi connectivity index (χ3v) is 3.29. The summed E-state index contributed by atoms with van der Waals surface area (Å²) in [6, 6.07) is 5.91. The van der Waals surface area contributed by atoms with Crippen LogP contribution in [0.3, 0.4) is 0 Å². The standard InChI is InChI=1S/C15H19N3O3/c1-2-3-8-16-13(19)9-12-15(21)17-11-7-5-4-6-10(11)14(20)18-12/h4-7,12H,2-3,8-9H2,1H3,(H,16,19)(H,17,21)(H,18,20). The van der Waals surface area contributed by atoms with Crippen LogP contribution in [0.5, 0.6) is 0 Å². The molecule has 21 heavy (non-hydrogen) atoms. The Hall–Kier alpha value is -2.37. The van der Waals surface area contributed by atoms with Crippen LogP contribution < -0.4 is 16.0 Å². The second-order valence-electron chi connectivity index (χ2n) is 4.97. The van der Waals surface area contributed by atoms with Crippen molar-refractivity contribution in [3.8, 4) is 0 Å². The Morgan fingerprint density at radius 3 is 2.81 bits per heavy atom.